The predicted octanol–water partition coefficient (Wildman–Crippen LogP) is 9.67. The molecule has 0 aromatic rings. The van der Waals surface area contributed by atoms with Crippen LogP contribution in [-0.2, 0) is 14.2 Å². The van der Waals surface area contributed by atoms with Crippen molar-refractivity contribution >= 4 is 0 Å². The van der Waals surface area contributed by atoms with Crippen molar-refractivity contribution in [1.82, 2.24) is 0 Å². The van der Waals surface area contributed by atoms with Gasteiger partial charge in [-0.2, -0.15) is 0 Å². The van der Waals surface area contributed by atoms with Crippen LogP contribution in [0.5, 0.6) is 0 Å². The van der Waals surface area contributed by atoms with Gasteiger partial charge in [0.15, 0.2) is 5.79 Å². The minimum absolute atomic E-state index is 0.114. The first kappa shape index (κ1) is 29.6. The van der Waals surface area contributed by atoms with E-state index >= 15 is 0 Å². The largest absolute Gasteiger partial charge is 0.374 e. The van der Waals surface area contributed by atoms with Gasteiger partial charge in [-0.3, -0.25) is 0 Å². The summed E-state index contributed by atoms with van der Waals surface area (Å²) in [5.41, 5.74) is 0.567. The Bertz CT molecular complexity index is 943. The quantitative estimate of drug-likeness (QED) is 0.291. The van der Waals surface area contributed by atoms with Crippen molar-refractivity contribution < 1.29 is 14.2 Å². The zero-order chi connectivity index (χ0) is 29.1. The van der Waals surface area contributed by atoms with Crippen LogP contribution in [-0.4, -0.2) is 30.2 Å². The van der Waals surface area contributed by atoms with Gasteiger partial charge >= 0.3 is 0 Å². The molecule has 0 aromatic heterocycles. The van der Waals surface area contributed by atoms with Crippen LogP contribution in [0.15, 0.2) is 0 Å². The number of rotatable bonds is 0. The van der Waals surface area contributed by atoms with Gasteiger partial charge in [0.25, 0.3) is 0 Å². The molecule has 2 saturated heterocycles. The van der Waals surface area contributed by atoms with Crippen LogP contribution in [0.1, 0.15) is 139 Å². The highest BCUT2D eigenvalue weighted by molar-refractivity contribution is 5.16. The fraction of sp³-hybridized carbons (Fsp3) is 1.00. The first-order valence-electron chi connectivity index (χ1n) is 18.2. The lowest BCUT2D eigenvalue weighted by Gasteiger charge is -2.56. The first-order valence-corrected chi connectivity index (χ1v) is 18.2. The summed E-state index contributed by atoms with van der Waals surface area (Å²) in [6.07, 6.45) is 17.7. The molecule has 41 heavy (non-hydrogen) atoms. The van der Waals surface area contributed by atoms with Crippen LogP contribution in [0.4, 0.5) is 0 Å². The fourth-order valence-corrected chi connectivity index (χ4v) is 12.2. The van der Waals surface area contributed by atoms with Gasteiger partial charge in [-0.05, 0) is 109 Å². The number of hydrogen-bond acceptors (Lipinski definition) is 3. The second-order valence-corrected chi connectivity index (χ2v) is 19.5. The zero-order valence-electron chi connectivity index (χ0n) is 28.2. The summed E-state index contributed by atoms with van der Waals surface area (Å²) < 4.78 is 22.4. The molecule has 5 aliphatic carbocycles. The van der Waals surface area contributed by atoms with E-state index in [1.807, 2.05) is 0 Å². The van der Waals surface area contributed by atoms with E-state index < -0.39 is 5.79 Å². The standard InChI is InChI=1S/C38H64O3/c1-35(2,3)23-15-16-25-27(20-23)38(40-30(36(4,5)6)21-31(41-38)37(7,8)9)26-17-19-29-34(32(25)26)33-24-13-11-10-12-22(24)14-18-28(33)39-29/h22-34H,10-21H2,1-9H3. The molecule has 1 spiro atoms. The van der Waals surface area contributed by atoms with E-state index in [0.717, 1.165) is 47.8 Å². The van der Waals surface area contributed by atoms with Gasteiger partial charge in [0.2, 0.25) is 0 Å². The summed E-state index contributed by atoms with van der Waals surface area (Å²) >= 11 is 0. The minimum Gasteiger partial charge on any atom is -0.374 e. The maximum absolute atomic E-state index is 7.65. The van der Waals surface area contributed by atoms with Gasteiger partial charge < -0.3 is 14.2 Å². The minimum atomic E-state index is -0.420. The average Bonchev–Trinajstić information content (AvgIpc) is 3.40. The summed E-state index contributed by atoms with van der Waals surface area (Å²) in [4.78, 5) is 0. The molecule has 13 unspecified atom stereocenters. The summed E-state index contributed by atoms with van der Waals surface area (Å²) in [5.74, 6) is 6.23. The van der Waals surface area contributed by atoms with Gasteiger partial charge in [-0.25, -0.2) is 0 Å². The number of hydrogen-bond donors (Lipinski definition) is 0. The van der Waals surface area contributed by atoms with Crippen molar-refractivity contribution in [3.05, 3.63) is 0 Å². The lowest BCUT2D eigenvalue weighted by Crippen LogP contribution is -2.61. The van der Waals surface area contributed by atoms with Crippen LogP contribution < -0.4 is 0 Å². The molecule has 3 heteroatoms. The fourth-order valence-electron chi connectivity index (χ4n) is 12.2. The normalized spacial score (nSPS) is 51.9. The Morgan fingerprint density at radius 1 is 0.512 bits per heavy atom. The van der Waals surface area contributed by atoms with Crippen molar-refractivity contribution in [2.75, 3.05) is 0 Å². The van der Waals surface area contributed by atoms with Crippen molar-refractivity contribution in [3.63, 3.8) is 0 Å². The van der Waals surface area contributed by atoms with Gasteiger partial charge in [0, 0.05) is 18.3 Å². The maximum Gasteiger partial charge on any atom is 0.175 e. The van der Waals surface area contributed by atoms with Crippen LogP contribution >= 0.6 is 0 Å². The average molecular weight is 569 g/mol. The second kappa shape index (κ2) is 9.94. The van der Waals surface area contributed by atoms with E-state index in [9.17, 15) is 0 Å². The summed E-state index contributed by atoms with van der Waals surface area (Å²) in [5, 5.41) is 0. The van der Waals surface area contributed by atoms with E-state index in [2.05, 4.69) is 62.3 Å². The molecule has 2 aliphatic heterocycles. The van der Waals surface area contributed by atoms with E-state index in [4.69, 9.17) is 14.2 Å². The Morgan fingerprint density at radius 2 is 1.15 bits per heavy atom. The van der Waals surface area contributed by atoms with Crippen molar-refractivity contribution in [1.29, 1.82) is 0 Å². The Morgan fingerprint density at radius 3 is 1.80 bits per heavy atom. The Labute approximate surface area is 253 Å². The van der Waals surface area contributed by atoms with Crippen LogP contribution in [0, 0.1) is 69.5 Å². The smallest absolute Gasteiger partial charge is 0.175 e. The first-order chi connectivity index (χ1) is 19.2. The molecule has 234 valence electrons. The third kappa shape index (κ3) is 4.74. The molecule has 7 fully saturated rings. The molecule has 7 aliphatic rings. The van der Waals surface area contributed by atoms with Crippen molar-refractivity contribution in [2.45, 2.75) is 170 Å². The molecule has 13 atom stereocenters. The predicted molar refractivity (Wildman–Crippen MR) is 166 cm³/mol. The Kier molecular flexibility index (Phi) is 7.17. The van der Waals surface area contributed by atoms with Crippen LogP contribution in [0.25, 0.3) is 0 Å². The van der Waals surface area contributed by atoms with Crippen molar-refractivity contribution in [2.24, 2.45) is 69.5 Å². The SMILES string of the molecule is CC(C)(C)C1CCC2C3C4C(CCC3C3(OC(C(C)(C)C)CC(C(C)(C)C)O3)C2C1)OC1CCC2CCCCC2C14. The number of ether oxygens (including phenoxy) is 3. The highest BCUT2D eigenvalue weighted by Crippen LogP contribution is 2.70. The van der Waals surface area contributed by atoms with Gasteiger partial charge in [-0.1, -0.05) is 81.6 Å². The highest BCUT2D eigenvalue weighted by atomic mass is 16.7. The maximum atomic E-state index is 7.65. The van der Waals surface area contributed by atoms with Gasteiger partial charge in [0.1, 0.15) is 0 Å². The van der Waals surface area contributed by atoms with Crippen LogP contribution in [0.3, 0.4) is 0 Å². The lowest BCUT2D eigenvalue weighted by atomic mass is 9.55. The van der Waals surface area contributed by atoms with E-state index in [0.29, 0.717) is 29.5 Å². The molecule has 0 aromatic carbocycles. The second-order valence-electron chi connectivity index (χ2n) is 19.5. The molecular formula is C38H64O3. The molecule has 7 rings (SSSR count). The topological polar surface area (TPSA) is 27.7 Å². The Balaban J connectivity index is 1.32. The summed E-state index contributed by atoms with van der Waals surface area (Å²) in [7, 11) is 0. The van der Waals surface area contributed by atoms with E-state index in [-0.39, 0.29) is 23.0 Å². The lowest BCUT2D eigenvalue weighted by molar-refractivity contribution is -0.381. The molecule has 5 saturated carbocycles. The Hall–Kier alpha value is -0.120. The molecule has 3 nitrogen and oxygen atoms in total. The third-order valence-corrected chi connectivity index (χ3v) is 14.3. The van der Waals surface area contributed by atoms with E-state index in [1.165, 1.54) is 70.6 Å². The van der Waals surface area contributed by atoms with Crippen LogP contribution in [0.2, 0.25) is 0 Å². The zero-order valence-corrected chi connectivity index (χ0v) is 28.2. The highest BCUT2D eigenvalue weighted by Gasteiger charge is 2.72. The monoisotopic (exact) mass is 568 g/mol. The molecule has 0 radical (unpaired) electrons. The van der Waals surface area contributed by atoms with Gasteiger partial charge in [0.05, 0.1) is 24.4 Å². The molecule has 0 amide bonds. The third-order valence-electron chi connectivity index (χ3n) is 14.3. The summed E-state index contributed by atoms with van der Waals surface area (Å²) in [6.45, 7) is 21.9. The molecular weight excluding hydrogens is 504 g/mol. The number of fused-ring (bicyclic) bond motifs is 11. The van der Waals surface area contributed by atoms with Crippen molar-refractivity contribution in [3.8, 4) is 0 Å². The van der Waals surface area contributed by atoms with Gasteiger partial charge in [-0.15, -0.1) is 0 Å². The van der Waals surface area contributed by atoms with E-state index in [1.54, 1.807) is 0 Å². The molecule has 0 N–H and O–H groups in total. The molecule has 2 heterocycles. The summed E-state index contributed by atoms with van der Waals surface area (Å²) in [6, 6.07) is 0. The molecule has 0 bridgehead atoms.